The highest BCUT2D eigenvalue weighted by molar-refractivity contribution is 5.20. The lowest BCUT2D eigenvalue weighted by molar-refractivity contribution is -0.231. The van der Waals surface area contributed by atoms with Crippen molar-refractivity contribution < 1.29 is 9.15 Å². The highest BCUT2D eigenvalue weighted by Gasteiger charge is 2.66. The molecule has 1 saturated carbocycles. The van der Waals surface area contributed by atoms with Gasteiger partial charge in [-0.15, -0.1) is 0 Å². The normalized spacial score (nSPS) is 35.6. The first-order valence-electron chi connectivity index (χ1n) is 7.56. The van der Waals surface area contributed by atoms with Crippen molar-refractivity contribution in [1.82, 2.24) is 4.90 Å². The molecule has 2 heterocycles. The number of furan rings is 1. The number of nitrogens with zero attached hydrogens (tertiary/aromatic N) is 1. The number of nitrogens with two attached hydrogens (primary N) is 1. The first kappa shape index (κ1) is 14.1. The Kier molecular flexibility index (Phi) is 3.43. The number of ether oxygens (including phenoxy) is 1. The van der Waals surface area contributed by atoms with Crippen molar-refractivity contribution in [3.05, 3.63) is 24.2 Å². The van der Waals surface area contributed by atoms with Crippen LogP contribution in [0.15, 0.2) is 22.8 Å². The molecule has 4 heteroatoms. The minimum atomic E-state index is -0.167. The maximum absolute atomic E-state index is 6.81. The molecule has 0 spiro atoms. The van der Waals surface area contributed by atoms with E-state index >= 15 is 0 Å². The molecule has 4 nitrogen and oxygen atoms in total. The largest absolute Gasteiger partial charge is 0.468 e. The van der Waals surface area contributed by atoms with Crippen LogP contribution in [0.3, 0.4) is 0 Å². The van der Waals surface area contributed by atoms with Gasteiger partial charge in [0, 0.05) is 30.0 Å². The molecule has 1 aromatic rings. The summed E-state index contributed by atoms with van der Waals surface area (Å²) < 4.78 is 11.4. The van der Waals surface area contributed by atoms with Crippen LogP contribution in [-0.4, -0.2) is 36.7 Å². The zero-order valence-electron chi connectivity index (χ0n) is 12.8. The van der Waals surface area contributed by atoms with Crippen LogP contribution in [0.2, 0.25) is 0 Å². The zero-order chi connectivity index (χ0) is 14.4. The first-order chi connectivity index (χ1) is 9.45. The standard InChI is InChI=1S/C16H26N2O2/c1-15(2)14-13(7-5-9-20-14)16(15,17)11-18(3)10-12-6-4-8-19-12/h4,6,8,13-14H,5,7,9-11,17H2,1-3H3. The van der Waals surface area contributed by atoms with Crippen LogP contribution in [0.4, 0.5) is 0 Å². The molecule has 20 heavy (non-hydrogen) atoms. The lowest BCUT2D eigenvalue weighted by Crippen LogP contribution is -2.80. The fourth-order valence-corrected chi connectivity index (χ4v) is 4.16. The third kappa shape index (κ3) is 2.01. The number of rotatable bonds is 4. The van der Waals surface area contributed by atoms with Gasteiger partial charge in [-0.05, 0) is 32.0 Å². The van der Waals surface area contributed by atoms with Gasteiger partial charge in [0.25, 0.3) is 0 Å². The van der Waals surface area contributed by atoms with Crippen LogP contribution >= 0.6 is 0 Å². The summed E-state index contributed by atoms with van der Waals surface area (Å²) in [6.45, 7) is 7.08. The number of hydrogen-bond donors (Lipinski definition) is 1. The Morgan fingerprint density at radius 1 is 1.45 bits per heavy atom. The summed E-state index contributed by atoms with van der Waals surface area (Å²) in [4.78, 5) is 2.27. The first-order valence-corrected chi connectivity index (χ1v) is 7.56. The van der Waals surface area contributed by atoms with E-state index in [4.69, 9.17) is 14.9 Å². The molecule has 0 radical (unpaired) electrons. The van der Waals surface area contributed by atoms with Crippen molar-refractivity contribution in [3.63, 3.8) is 0 Å². The molecule has 3 unspecified atom stereocenters. The van der Waals surface area contributed by atoms with Crippen LogP contribution in [0.5, 0.6) is 0 Å². The van der Waals surface area contributed by atoms with Crippen LogP contribution in [-0.2, 0) is 11.3 Å². The predicted molar refractivity (Wildman–Crippen MR) is 78.2 cm³/mol. The highest BCUT2D eigenvalue weighted by Crippen LogP contribution is 2.57. The van der Waals surface area contributed by atoms with Gasteiger partial charge in [-0.1, -0.05) is 13.8 Å². The summed E-state index contributed by atoms with van der Waals surface area (Å²) in [5, 5.41) is 0. The average molecular weight is 278 g/mol. The van der Waals surface area contributed by atoms with Crippen molar-refractivity contribution in [2.75, 3.05) is 20.2 Å². The van der Waals surface area contributed by atoms with Crippen molar-refractivity contribution in [2.24, 2.45) is 17.1 Å². The molecule has 3 atom stereocenters. The number of likely N-dealkylation sites (N-methyl/N-ethyl adjacent to an activating group) is 1. The van der Waals surface area contributed by atoms with Gasteiger partial charge in [0.05, 0.1) is 18.9 Å². The van der Waals surface area contributed by atoms with E-state index in [1.54, 1.807) is 6.26 Å². The Morgan fingerprint density at radius 2 is 2.25 bits per heavy atom. The smallest absolute Gasteiger partial charge is 0.117 e. The molecule has 3 rings (SSSR count). The molecule has 1 aromatic heterocycles. The number of fused-ring (bicyclic) bond motifs is 1. The molecule has 2 fully saturated rings. The van der Waals surface area contributed by atoms with E-state index in [1.807, 2.05) is 12.1 Å². The molecule has 0 amide bonds. The quantitative estimate of drug-likeness (QED) is 0.917. The molecule has 1 saturated heterocycles. The van der Waals surface area contributed by atoms with E-state index in [0.29, 0.717) is 12.0 Å². The second-order valence-electron chi connectivity index (χ2n) is 7.05. The maximum atomic E-state index is 6.81. The van der Waals surface area contributed by atoms with Gasteiger partial charge >= 0.3 is 0 Å². The molecule has 112 valence electrons. The van der Waals surface area contributed by atoms with E-state index < -0.39 is 0 Å². The third-order valence-electron chi connectivity index (χ3n) is 5.43. The van der Waals surface area contributed by atoms with Crippen LogP contribution < -0.4 is 5.73 Å². The fraction of sp³-hybridized carbons (Fsp3) is 0.750. The Labute approximate surface area is 121 Å². The zero-order valence-corrected chi connectivity index (χ0v) is 12.8. The minimum absolute atomic E-state index is 0.0372. The molecular formula is C16H26N2O2. The molecule has 0 bridgehead atoms. The summed E-state index contributed by atoms with van der Waals surface area (Å²) in [5.41, 5.74) is 6.68. The highest BCUT2D eigenvalue weighted by atomic mass is 16.5. The molecule has 1 aliphatic carbocycles. The van der Waals surface area contributed by atoms with Gasteiger partial charge in [-0.2, -0.15) is 0 Å². The van der Waals surface area contributed by atoms with Crippen molar-refractivity contribution in [2.45, 2.75) is 44.9 Å². The lowest BCUT2D eigenvalue weighted by Gasteiger charge is -2.67. The summed E-state index contributed by atoms with van der Waals surface area (Å²) in [5.74, 6) is 1.48. The van der Waals surface area contributed by atoms with E-state index in [2.05, 4.69) is 25.8 Å². The monoisotopic (exact) mass is 278 g/mol. The Morgan fingerprint density at radius 3 is 2.95 bits per heavy atom. The van der Waals surface area contributed by atoms with E-state index in [0.717, 1.165) is 31.9 Å². The molecular weight excluding hydrogens is 252 g/mol. The van der Waals surface area contributed by atoms with Gasteiger partial charge in [0.15, 0.2) is 0 Å². The van der Waals surface area contributed by atoms with Crippen molar-refractivity contribution >= 4 is 0 Å². The average Bonchev–Trinajstić information content (AvgIpc) is 2.91. The Bertz CT molecular complexity index is 457. The summed E-state index contributed by atoms with van der Waals surface area (Å²) in [6.07, 6.45) is 4.38. The summed E-state index contributed by atoms with van der Waals surface area (Å²) >= 11 is 0. The molecule has 0 aromatic carbocycles. The van der Waals surface area contributed by atoms with Crippen LogP contribution in [0.1, 0.15) is 32.4 Å². The second kappa shape index (κ2) is 4.86. The molecule has 2 N–H and O–H groups in total. The lowest BCUT2D eigenvalue weighted by atomic mass is 9.46. The second-order valence-corrected chi connectivity index (χ2v) is 7.05. The topological polar surface area (TPSA) is 51.6 Å². The third-order valence-corrected chi connectivity index (χ3v) is 5.43. The van der Waals surface area contributed by atoms with E-state index in [9.17, 15) is 0 Å². The minimum Gasteiger partial charge on any atom is -0.468 e. The molecule has 1 aliphatic heterocycles. The van der Waals surface area contributed by atoms with Gasteiger partial charge in [-0.25, -0.2) is 0 Å². The Hall–Kier alpha value is -0.840. The van der Waals surface area contributed by atoms with Crippen LogP contribution in [0, 0.1) is 11.3 Å². The van der Waals surface area contributed by atoms with Gasteiger partial charge in [0.2, 0.25) is 0 Å². The summed E-state index contributed by atoms with van der Waals surface area (Å²) in [7, 11) is 2.12. The van der Waals surface area contributed by atoms with E-state index in [1.165, 1.54) is 6.42 Å². The fourth-order valence-electron chi connectivity index (χ4n) is 4.16. The van der Waals surface area contributed by atoms with Gasteiger partial charge in [0.1, 0.15) is 5.76 Å². The van der Waals surface area contributed by atoms with Crippen molar-refractivity contribution in [3.8, 4) is 0 Å². The Balaban J connectivity index is 1.68. The number of hydrogen-bond acceptors (Lipinski definition) is 4. The van der Waals surface area contributed by atoms with Crippen LogP contribution in [0.25, 0.3) is 0 Å². The predicted octanol–water partition coefficient (Wildman–Crippen LogP) is 2.24. The van der Waals surface area contributed by atoms with Gasteiger partial charge in [-0.3, -0.25) is 4.90 Å². The maximum Gasteiger partial charge on any atom is 0.117 e. The van der Waals surface area contributed by atoms with Crippen molar-refractivity contribution in [1.29, 1.82) is 0 Å². The SMILES string of the molecule is CN(Cc1ccco1)CC1(N)C2CCCOC2C1(C)C. The summed E-state index contributed by atoms with van der Waals surface area (Å²) in [6, 6.07) is 3.94. The van der Waals surface area contributed by atoms with E-state index in [-0.39, 0.29) is 11.0 Å². The van der Waals surface area contributed by atoms with Gasteiger partial charge < -0.3 is 14.9 Å². The molecule has 2 aliphatic rings.